The zero-order valence-electron chi connectivity index (χ0n) is 12.1. The Kier molecular flexibility index (Phi) is 4.74. The first kappa shape index (κ1) is 13.8. The maximum atomic E-state index is 4.48. The van der Waals surface area contributed by atoms with Crippen molar-refractivity contribution in [2.75, 3.05) is 31.5 Å². The van der Waals surface area contributed by atoms with Gasteiger partial charge in [0.15, 0.2) is 0 Å². The van der Waals surface area contributed by atoms with Crippen LogP contribution in [0.5, 0.6) is 0 Å². The van der Waals surface area contributed by atoms with Crippen molar-refractivity contribution >= 4 is 16.6 Å². The van der Waals surface area contributed by atoms with Gasteiger partial charge in [0.25, 0.3) is 0 Å². The van der Waals surface area contributed by atoms with Crippen molar-refractivity contribution in [3.63, 3.8) is 0 Å². The van der Waals surface area contributed by atoms with E-state index < -0.39 is 0 Å². The number of aromatic nitrogens is 1. The van der Waals surface area contributed by atoms with Crippen molar-refractivity contribution in [1.29, 1.82) is 0 Å². The molecule has 1 heterocycles. The lowest BCUT2D eigenvalue weighted by atomic mass is 10.1. The molecule has 0 aliphatic rings. The van der Waals surface area contributed by atoms with Crippen molar-refractivity contribution in [3.8, 4) is 0 Å². The maximum absolute atomic E-state index is 4.48. The number of pyridine rings is 1. The first-order valence-corrected chi connectivity index (χ1v) is 7.06. The number of aryl methyl sites for hydroxylation is 1. The number of hydrogen-bond acceptors (Lipinski definition) is 3. The molecular weight excluding hydrogens is 234 g/mol. The standard InChI is InChI=1S/C16H23N3/c1-4-19(5-2)10-9-17-15-12-13(3)11-14-7-6-8-18-16(14)15/h6-8,11-12,17H,4-5,9-10H2,1-3H3. The van der Waals surface area contributed by atoms with Crippen LogP contribution in [0.25, 0.3) is 10.9 Å². The molecule has 0 radical (unpaired) electrons. The van der Waals surface area contributed by atoms with Crippen LogP contribution in [0.3, 0.4) is 0 Å². The third-order valence-electron chi connectivity index (χ3n) is 3.49. The van der Waals surface area contributed by atoms with Crippen molar-refractivity contribution in [2.45, 2.75) is 20.8 Å². The van der Waals surface area contributed by atoms with E-state index in [0.29, 0.717) is 0 Å². The summed E-state index contributed by atoms with van der Waals surface area (Å²) in [5, 5.41) is 4.73. The second-order valence-electron chi connectivity index (χ2n) is 4.84. The lowest BCUT2D eigenvalue weighted by molar-refractivity contribution is 0.316. The normalized spacial score (nSPS) is 11.2. The maximum Gasteiger partial charge on any atom is 0.0933 e. The van der Waals surface area contributed by atoms with E-state index in [1.54, 1.807) is 0 Å². The average molecular weight is 257 g/mol. The minimum absolute atomic E-state index is 0.955. The molecule has 0 aliphatic carbocycles. The predicted molar refractivity (Wildman–Crippen MR) is 82.8 cm³/mol. The summed E-state index contributed by atoms with van der Waals surface area (Å²) in [7, 11) is 0. The number of rotatable bonds is 6. The Morgan fingerprint density at radius 2 is 2.00 bits per heavy atom. The van der Waals surface area contributed by atoms with Gasteiger partial charge in [-0.25, -0.2) is 0 Å². The fourth-order valence-electron chi connectivity index (χ4n) is 2.37. The molecule has 0 fully saturated rings. The van der Waals surface area contributed by atoms with E-state index in [1.807, 2.05) is 12.3 Å². The molecule has 0 atom stereocenters. The summed E-state index contributed by atoms with van der Waals surface area (Å²) in [5.74, 6) is 0. The third-order valence-corrected chi connectivity index (χ3v) is 3.49. The molecule has 1 aromatic carbocycles. The molecule has 3 nitrogen and oxygen atoms in total. The van der Waals surface area contributed by atoms with Gasteiger partial charge in [-0.15, -0.1) is 0 Å². The van der Waals surface area contributed by atoms with Gasteiger partial charge in [-0.2, -0.15) is 0 Å². The Hall–Kier alpha value is -1.61. The highest BCUT2D eigenvalue weighted by Crippen LogP contribution is 2.22. The molecule has 0 amide bonds. The highest BCUT2D eigenvalue weighted by atomic mass is 15.1. The molecule has 3 heteroatoms. The number of nitrogens with one attached hydrogen (secondary N) is 1. The van der Waals surface area contributed by atoms with E-state index in [4.69, 9.17) is 0 Å². The first-order chi connectivity index (χ1) is 9.24. The number of likely N-dealkylation sites (N-methyl/N-ethyl adjacent to an activating group) is 1. The lowest BCUT2D eigenvalue weighted by Crippen LogP contribution is -2.28. The van der Waals surface area contributed by atoms with Crippen molar-refractivity contribution < 1.29 is 0 Å². The molecule has 0 unspecified atom stereocenters. The van der Waals surface area contributed by atoms with Crippen LogP contribution in [-0.2, 0) is 0 Å². The van der Waals surface area contributed by atoms with Gasteiger partial charge in [0.2, 0.25) is 0 Å². The number of anilines is 1. The van der Waals surface area contributed by atoms with Gasteiger partial charge in [0, 0.05) is 24.7 Å². The number of benzene rings is 1. The van der Waals surface area contributed by atoms with Gasteiger partial charge in [0.1, 0.15) is 0 Å². The first-order valence-electron chi connectivity index (χ1n) is 7.06. The molecular formula is C16H23N3. The summed E-state index contributed by atoms with van der Waals surface area (Å²) in [6.07, 6.45) is 1.85. The minimum atomic E-state index is 0.955. The predicted octanol–water partition coefficient (Wildman–Crippen LogP) is 3.30. The van der Waals surface area contributed by atoms with E-state index in [9.17, 15) is 0 Å². The molecule has 1 aromatic heterocycles. The smallest absolute Gasteiger partial charge is 0.0933 e. The van der Waals surface area contributed by atoms with E-state index in [-0.39, 0.29) is 0 Å². The highest BCUT2D eigenvalue weighted by Gasteiger charge is 2.04. The van der Waals surface area contributed by atoms with Crippen LogP contribution in [0.4, 0.5) is 5.69 Å². The molecule has 0 aliphatic heterocycles. The van der Waals surface area contributed by atoms with Gasteiger partial charge in [-0.1, -0.05) is 19.9 Å². The third kappa shape index (κ3) is 3.44. The Morgan fingerprint density at radius 3 is 2.74 bits per heavy atom. The molecule has 2 aromatic rings. The number of hydrogen-bond donors (Lipinski definition) is 1. The summed E-state index contributed by atoms with van der Waals surface area (Å²) in [5.41, 5.74) is 3.47. The fourth-order valence-corrected chi connectivity index (χ4v) is 2.37. The van der Waals surface area contributed by atoms with Crippen LogP contribution in [-0.4, -0.2) is 36.1 Å². The van der Waals surface area contributed by atoms with Crippen molar-refractivity contribution in [2.24, 2.45) is 0 Å². The molecule has 0 saturated heterocycles. The number of fused-ring (bicyclic) bond motifs is 1. The highest BCUT2D eigenvalue weighted by molar-refractivity contribution is 5.90. The summed E-state index contributed by atoms with van der Waals surface area (Å²) in [6, 6.07) is 8.46. The molecule has 19 heavy (non-hydrogen) atoms. The SMILES string of the molecule is CCN(CC)CCNc1cc(C)cc2cccnc12. The van der Waals surface area contributed by atoms with Crippen LogP contribution in [0.1, 0.15) is 19.4 Å². The van der Waals surface area contributed by atoms with Crippen LogP contribution in [0.2, 0.25) is 0 Å². The topological polar surface area (TPSA) is 28.2 Å². The Bertz CT molecular complexity index is 533. The minimum Gasteiger partial charge on any atom is -0.382 e. The van der Waals surface area contributed by atoms with Crippen molar-refractivity contribution in [1.82, 2.24) is 9.88 Å². The summed E-state index contributed by atoms with van der Waals surface area (Å²) < 4.78 is 0. The zero-order valence-corrected chi connectivity index (χ0v) is 12.1. The van der Waals surface area contributed by atoms with E-state index >= 15 is 0 Å². The largest absolute Gasteiger partial charge is 0.382 e. The number of nitrogens with zero attached hydrogens (tertiary/aromatic N) is 2. The molecule has 2 rings (SSSR count). The molecule has 0 spiro atoms. The van der Waals surface area contributed by atoms with Crippen LogP contribution >= 0.6 is 0 Å². The molecule has 0 bridgehead atoms. The van der Waals surface area contributed by atoms with E-state index in [2.05, 4.69) is 54.2 Å². The van der Waals surface area contributed by atoms with Crippen LogP contribution in [0, 0.1) is 6.92 Å². The quantitative estimate of drug-likeness (QED) is 0.860. The van der Waals surface area contributed by atoms with Crippen molar-refractivity contribution in [3.05, 3.63) is 36.0 Å². The lowest BCUT2D eigenvalue weighted by Gasteiger charge is -2.19. The molecule has 102 valence electrons. The van der Waals surface area contributed by atoms with Crippen LogP contribution < -0.4 is 5.32 Å². The van der Waals surface area contributed by atoms with Gasteiger partial charge in [-0.05, 0) is 43.8 Å². The second kappa shape index (κ2) is 6.53. The average Bonchev–Trinajstić information content (AvgIpc) is 2.43. The Balaban J connectivity index is 2.12. The molecule has 0 saturated carbocycles. The van der Waals surface area contributed by atoms with E-state index in [0.717, 1.165) is 37.4 Å². The summed E-state index contributed by atoms with van der Waals surface area (Å²) in [4.78, 5) is 6.90. The van der Waals surface area contributed by atoms with Gasteiger partial charge < -0.3 is 10.2 Å². The van der Waals surface area contributed by atoms with Gasteiger partial charge in [0.05, 0.1) is 11.2 Å². The second-order valence-corrected chi connectivity index (χ2v) is 4.84. The molecule has 1 N–H and O–H groups in total. The Morgan fingerprint density at radius 1 is 1.21 bits per heavy atom. The monoisotopic (exact) mass is 257 g/mol. The Labute approximate surface area is 115 Å². The van der Waals surface area contributed by atoms with Gasteiger partial charge >= 0.3 is 0 Å². The van der Waals surface area contributed by atoms with Crippen LogP contribution in [0.15, 0.2) is 30.5 Å². The summed E-state index contributed by atoms with van der Waals surface area (Å²) in [6.45, 7) is 10.8. The van der Waals surface area contributed by atoms with Gasteiger partial charge in [-0.3, -0.25) is 4.98 Å². The zero-order chi connectivity index (χ0) is 13.7. The van der Waals surface area contributed by atoms with E-state index in [1.165, 1.54) is 10.9 Å². The summed E-state index contributed by atoms with van der Waals surface area (Å²) >= 11 is 0. The fraction of sp³-hybridized carbons (Fsp3) is 0.438.